The minimum absolute atomic E-state index is 0.608. The van der Waals surface area contributed by atoms with Gasteiger partial charge in [0, 0.05) is 30.8 Å². The highest BCUT2D eigenvalue weighted by Gasteiger charge is 2.04. The number of imidazole rings is 1. The molecule has 2 aromatic heterocycles. The molecule has 0 aromatic carbocycles. The van der Waals surface area contributed by atoms with Gasteiger partial charge in [-0.05, 0) is 24.5 Å². The third-order valence-corrected chi connectivity index (χ3v) is 2.71. The molecule has 0 radical (unpaired) electrons. The summed E-state index contributed by atoms with van der Waals surface area (Å²) in [4.78, 5) is 8.64. The van der Waals surface area contributed by atoms with E-state index in [9.17, 15) is 0 Å². The number of nitrogens with one attached hydrogen (secondary N) is 1. The van der Waals surface area contributed by atoms with Crippen LogP contribution in [-0.4, -0.2) is 21.1 Å². The first-order valence-electron chi connectivity index (χ1n) is 6.31. The van der Waals surface area contributed by atoms with Crippen molar-refractivity contribution in [2.45, 2.75) is 27.3 Å². The summed E-state index contributed by atoms with van der Waals surface area (Å²) in [6.45, 7) is 8.10. The van der Waals surface area contributed by atoms with E-state index in [4.69, 9.17) is 0 Å². The molecule has 0 atom stereocenters. The van der Waals surface area contributed by atoms with Crippen LogP contribution in [0.2, 0.25) is 0 Å². The Balaban J connectivity index is 2.05. The molecule has 0 aliphatic rings. The van der Waals surface area contributed by atoms with Gasteiger partial charge >= 0.3 is 0 Å². The molecule has 18 heavy (non-hydrogen) atoms. The maximum Gasteiger partial charge on any atom is 0.203 e. The lowest BCUT2D eigenvalue weighted by Crippen LogP contribution is -2.13. The number of nitrogens with zero attached hydrogens (tertiary/aromatic N) is 3. The third-order valence-electron chi connectivity index (χ3n) is 2.71. The second-order valence-electron chi connectivity index (χ2n) is 4.96. The summed E-state index contributed by atoms with van der Waals surface area (Å²) in [5.74, 6) is 1.53. The molecule has 0 saturated carbocycles. The normalized spacial score (nSPS) is 10.9. The number of aromatic nitrogens is 3. The first-order chi connectivity index (χ1) is 8.65. The third kappa shape index (κ3) is 3.32. The summed E-state index contributed by atoms with van der Waals surface area (Å²) < 4.78 is 2.11. The second kappa shape index (κ2) is 5.67. The van der Waals surface area contributed by atoms with Crippen molar-refractivity contribution in [3.8, 4) is 0 Å². The van der Waals surface area contributed by atoms with Gasteiger partial charge in [-0.15, -0.1) is 0 Å². The lowest BCUT2D eigenvalue weighted by atomic mass is 10.2. The Morgan fingerprint density at radius 3 is 2.78 bits per heavy atom. The molecule has 0 bridgehead atoms. The minimum atomic E-state index is 0.608. The van der Waals surface area contributed by atoms with Gasteiger partial charge in [-0.3, -0.25) is 4.98 Å². The Bertz CT molecular complexity index is 485. The maximum absolute atomic E-state index is 4.33. The molecule has 2 rings (SSSR count). The van der Waals surface area contributed by atoms with Crippen molar-refractivity contribution < 1.29 is 0 Å². The largest absolute Gasteiger partial charge is 0.355 e. The fourth-order valence-corrected chi connectivity index (χ4v) is 1.69. The summed E-state index contributed by atoms with van der Waals surface area (Å²) in [7, 11) is 0. The molecular formula is C14H20N4. The molecule has 0 saturated heterocycles. The highest BCUT2D eigenvalue weighted by atomic mass is 15.2. The lowest BCUT2D eigenvalue weighted by Gasteiger charge is -2.11. The average Bonchev–Trinajstić information content (AvgIpc) is 2.77. The second-order valence-corrected chi connectivity index (χ2v) is 4.96. The number of rotatable bonds is 5. The van der Waals surface area contributed by atoms with Gasteiger partial charge in [-0.2, -0.15) is 0 Å². The van der Waals surface area contributed by atoms with Gasteiger partial charge in [0.2, 0.25) is 5.95 Å². The number of anilines is 1. The van der Waals surface area contributed by atoms with E-state index in [2.05, 4.69) is 39.8 Å². The topological polar surface area (TPSA) is 42.7 Å². The van der Waals surface area contributed by atoms with Crippen LogP contribution in [0, 0.1) is 12.8 Å². The molecule has 0 aliphatic carbocycles. The molecule has 2 aromatic rings. The molecule has 0 unspecified atom stereocenters. The zero-order valence-electron chi connectivity index (χ0n) is 11.2. The van der Waals surface area contributed by atoms with Gasteiger partial charge in [0.15, 0.2) is 0 Å². The first kappa shape index (κ1) is 12.6. The van der Waals surface area contributed by atoms with Crippen molar-refractivity contribution in [2.24, 2.45) is 5.92 Å². The molecule has 2 heterocycles. The van der Waals surface area contributed by atoms with Gasteiger partial charge in [0.05, 0.1) is 6.54 Å². The predicted octanol–water partition coefficient (Wildman–Crippen LogP) is 2.70. The van der Waals surface area contributed by atoms with E-state index in [0.717, 1.165) is 24.7 Å². The zero-order chi connectivity index (χ0) is 13.0. The average molecular weight is 244 g/mol. The standard InChI is InChI=1S/C14H20N4/c1-11(2)8-17-14-15-6-7-18(14)10-13-5-4-12(3)16-9-13/h4-7,9,11H,8,10H2,1-3H3,(H,15,17). The van der Waals surface area contributed by atoms with Crippen LogP contribution >= 0.6 is 0 Å². The summed E-state index contributed by atoms with van der Waals surface area (Å²) in [5, 5.41) is 3.36. The summed E-state index contributed by atoms with van der Waals surface area (Å²) in [6, 6.07) is 4.14. The van der Waals surface area contributed by atoms with Crippen LogP contribution in [0.1, 0.15) is 25.1 Å². The molecule has 96 valence electrons. The number of aryl methyl sites for hydroxylation is 1. The van der Waals surface area contributed by atoms with Crippen molar-refractivity contribution in [3.05, 3.63) is 42.0 Å². The van der Waals surface area contributed by atoms with Crippen molar-refractivity contribution in [2.75, 3.05) is 11.9 Å². The fourth-order valence-electron chi connectivity index (χ4n) is 1.69. The lowest BCUT2D eigenvalue weighted by molar-refractivity contribution is 0.676. The Morgan fingerprint density at radius 1 is 1.28 bits per heavy atom. The van der Waals surface area contributed by atoms with Crippen LogP contribution in [-0.2, 0) is 6.54 Å². The Labute approximate surface area is 108 Å². The highest BCUT2D eigenvalue weighted by molar-refractivity contribution is 5.27. The van der Waals surface area contributed by atoms with Crippen LogP contribution in [0.15, 0.2) is 30.7 Å². The molecular weight excluding hydrogens is 224 g/mol. The Kier molecular flexibility index (Phi) is 3.97. The summed E-state index contributed by atoms with van der Waals surface area (Å²) >= 11 is 0. The van der Waals surface area contributed by atoms with Crippen LogP contribution in [0.5, 0.6) is 0 Å². The maximum atomic E-state index is 4.33. The SMILES string of the molecule is Cc1ccc(Cn2ccnc2NCC(C)C)cn1. The van der Waals surface area contributed by atoms with E-state index in [1.54, 1.807) is 0 Å². The summed E-state index contributed by atoms with van der Waals surface area (Å²) in [6.07, 6.45) is 5.73. The van der Waals surface area contributed by atoms with Gasteiger partial charge in [0.25, 0.3) is 0 Å². The number of hydrogen-bond acceptors (Lipinski definition) is 3. The Morgan fingerprint density at radius 2 is 2.11 bits per heavy atom. The highest BCUT2D eigenvalue weighted by Crippen LogP contribution is 2.09. The van der Waals surface area contributed by atoms with E-state index in [0.29, 0.717) is 5.92 Å². The van der Waals surface area contributed by atoms with Crippen molar-refractivity contribution in [3.63, 3.8) is 0 Å². The predicted molar refractivity (Wildman–Crippen MR) is 73.6 cm³/mol. The number of hydrogen-bond donors (Lipinski definition) is 1. The fraction of sp³-hybridized carbons (Fsp3) is 0.429. The van der Waals surface area contributed by atoms with Crippen LogP contribution in [0.25, 0.3) is 0 Å². The van der Waals surface area contributed by atoms with E-state index in [-0.39, 0.29) is 0 Å². The first-order valence-corrected chi connectivity index (χ1v) is 6.31. The molecule has 4 nitrogen and oxygen atoms in total. The van der Waals surface area contributed by atoms with Crippen molar-refractivity contribution in [1.29, 1.82) is 0 Å². The van der Waals surface area contributed by atoms with Crippen molar-refractivity contribution >= 4 is 5.95 Å². The van der Waals surface area contributed by atoms with Gasteiger partial charge in [-0.1, -0.05) is 19.9 Å². The molecule has 4 heteroatoms. The van der Waals surface area contributed by atoms with Gasteiger partial charge < -0.3 is 9.88 Å². The number of pyridine rings is 1. The summed E-state index contributed by atoms with van der Waals surface area (Å²) in [5.41, 5.74) is 2.23. The molecule has 1 N–H and O–H groups in total. The molecule has 0 aliphatic heterocycles. The molecule has 0 fully saturated rings. The minimum Gasteiger partial charge on any atom is -0.355 e. The van der Waals surface area contributed by atoms with Crippen LogP contribution in [0.3, 0.4) is 0 Å². The van der Waals surface area contributed by atoms with E-state index < -0.39 is 0 Å². The van der Waals surface area contributed by atoms with E-state index >= 15 is 0 Å². The molecule has 0 amide bonds. The van der Waals surface area contributed by atoms with Gasteiger partial charge in [0.1, 0.15) is 0 Å². The van der Waals surface area contributed by atoms with Crippen LogP contribution in [0.4, 0.5) is 5.95 Å². The molecule has 0 spiro atoms. The van der Waals surface area contributed by atoms with Gasteiger partial charge in [-0.25, -0.2) is 4.98 Å². The Hall–Kier alpha value is -1.84. The smallest absolute Gasteiger partial charge is 0.203 e. The van der Waals surface area contributed by atoms with Crippen LogP contribution < -0.4 is 5.32 Å². The zero-order valence-corrected chi connectivity index (χ0v) is 11.2. The van der Waals surface area contributed by atoms with Crippen molar-refractivity contribution in [1.82, 2.24) is 14.5 Å². The van der Waals surface area contributed by atoms with E-state index in [1.807, 2.05) is 31.6 Å². The quantitative estimate of drug-likeness (QED) is 0.879. The monoisotopic (exact) mass is 244 g/mol. The van der Waals surface area contributed by atoms with E-state index in [1.165, 1.54) is 5.56 Å².